The minimum atomic E-state index is -0.641. The van der Waals surface area contributed by atoms with Crippen LogP contribution in [0.4, 0.5) is 9.52 Å². The highest BCUT2D eigenvalue weighted by molar-refractivity contribution is 7.14. The van der Waals surface area contributed by atoms with Crippen molar-refractivity contribution in [3.05, 3.63) is 70.9 Å². The van der Waals surface area contributed by atoms with Crippen LogP contribution in [0.1, 0.15) is 15.9 Å². The van der Waals surface area contributed by atoms with E-state index in [4.69, 9.17) is 0 Å². The van der Waals surface area contributed by atoms with Crippen LogP contribution >= 0.6 is 11.3 Å². The first-order valence-electron chi connectivity index (χ1n) is 7.88. The van der Waals surface area contributed by atoms with E-state index in [0.29, 0.717) is 5.13 Å². The molecule has 26 heavy (non-hydrogen) atoms. The first-order valence-corrected chi connectivity index (χ1v) is 8.76. The van der Waals surface area contributed by atoms with Gasteiger partial charge in [-0.2, -0.15) is 0 Å². The molecule has 0 spiro atoms. The number of nitrogens with zero attached hydrogens (tertiary/aromatic N) is 1. The summed E-state index contributed by atoms with van der Waals surface area (Å²) in [4.78, 5) is 28.2. The molecule has 0 aliphatic heterocycles. The van der Waals surface area contributed by atoms with Gasteiger partial charge in [-0.1, -0.05) is 42.0 Å². The third kappa shape index (κ3) is 4.31. The number of aromatic nitrogens is 1. The van der Waals surface area contributed by atoms with Crippen molar-refractivity contribution in [1.82, 2.24) is 10.3 Å². The number of hydrogen-bond acceptors (Lipinski definition) is 4. The van der Waals surface area contributed by atoms with E-state index in [1.165, 1.54) is 29.5 Å². The van der Waals surface area contributed by atoms with Crippen LogP contribution in [-0.4, -0.2) is 23.3 Å². The first-order chi connectivity index (χ1) is 12.5. The van der Waals surface area contributed by atoms with Crippen LogP contribution in [0.3, 0.4) is 0 Å². The molecule has 2 aromatic carbocycles. The SMILES string of the molecule is Cc1ccc(-c2csc(NC(=O)CNC(=O)c3ccccc3F)n2)cc1. The van der Waals surface area contributed by atoms with Crippen molar-refractivity contribution >= 4 is 28.3 Å². The van der Waals surface area contributed by atoms with Crippen LogP contribution < -0.4 is 10.6 Å². The van der Waals surface area contributed by atoms with E-state index in [-0.39, 0.29) is 12.1 Å². The molecule has 2 amide bonds. The molecule has 3 rings (SSSR count). The lowest BCUT2D eigenvalue weighted by atomic mass is 10.1. The molecule has 0 radical (unpaired) electrons. The Hall–Kier alpha value is -3.06. The lowest BCUT2D eigenvalue weighted by Crippen LogP contribution is -2.33. The van der Waals surface area contributed by atoms with Gasteiger partial charge in [-0.3, -0.25) is 9.59 Å². The number of aryl methyl sites for hydroxylation is 1. The van der Waals surface area contributed by atoms with Gasteiger partial charge in [-0.15, -0.1) is 11.3 Å². The maximum absolute atomic E-state index is 13.5. The number of thiazole rings is 1. The van der Waals surface area contributed by atoms with Gasteiger partial charge in [0.05, 0.1) is 17.8 Å². The highest BCUT2D eigenvalue weighted by Crippen LogP contribution is 2.25. The van der Waals surface area contributed by atoms with Crippen LogP contribution in [0.5, 0.6) is 0 Å². The predicted octanol–water partition coefficient (Wildman–Crippen LogP) is 3.63. The molecule has 1 aromatic heterocycles. The topological polar surface area (TPSA) is 71.1 Å². The molecule has 2 N–H and O–H groups in total. The standard InChI is InChI=1S/C19H16FN3O2S/c1-12-6-8-13(9-7-12)16-11-26-19(22-16)23-17(24)10-21-18(25)14-4-2-3-5-15(14)20/h2-9,11H,10H2,1H3,(H,21,25)(H,22,23,24). The largest absolute Gasteiger partial charge is 0.343 e. The van der Waals surface area contributed by atoms with E-state index >= 15 is 0 Å². The highest BCUT2D eigenvalue weighted by Gasteiger charge is 2.13. The van der Waals surface area contributed by atoms with Crippen molar-refractivity contribution in [2.24, 2.45) is 0 Å². The fraction of sp³-hybridized carbons (Fsp3) is 0.105. The number of carbonyl (C=O) groups excluding carboxylic acids is 2. The van der Waals surface area contributed by atoms with E-state index < -0.39 is 17.6 Å². The summed E-state index contributed by atoms with van der Waals surface area (Å²) >= 11 is 1.29. The quantitative estimate of drug-likeness (QED) is 0.721. The fourth-order valence-corrected chi connectivity index (χ4v) is 2.99. The molecule has 132 valence electrons. The third-order valence-corrected chi connectivity index (χ3v) is 4.38. The number of amides is 2. The van der Waals surface area contributed by atoms with Gasteiger partial charge >= 0.3 is 0 Å². The van der Waals surface area contributed by atoms with E-state index in [0.717, 1.165) is 16.8 Å². The fourth-order valence-electron chi connectivity index (χ4n) is 2.25. The number of rotatable bonds is 5. The first kappa shape index (κ1) is 17.8. The molecule has 7 heteroatoms. The molecule has 1 heterocycles. The molecule has 0 aliphatic carbocycles. The number of halogens is 1. The third-order valence-electron chi connectivity index (χ3n) is 3.63. The Labute approximate surface area is 153 Å². The van der Waals surface area contributed by atoms with Crippen molar-refractivity contribution < 1.29 is 14.0 Å². The maximum Gasteiger partial charge on any atom is 0.254 e. The van der Waals surface area contributed by atoms with Gasteiger partial charge in [0.15, 0.2) is 5.13 Å². The second-order valence-electron chi connectivity index (χ2n) is 5.61. The zero-order valence-electron chi connectivity index (χ0n) is 14.0. The second-order valence-corrected chi connectivity index (χ2v) is 6.47. The number of benzene rings is 2. The van der Waals surface area contributed by atoms with Crippen LogP contribution in [0, 0.1) is 12.7 Å². The van der Waals surface area contributed by atoms with Gasteiger partial charge in [-0.25, -0.2) is 9.37 Å². The molecule has 5 nitrogen and oxygen atoms in total. The van der Waals surface area contributed by atoms with Crippen molar-refractivity contribution in [3.8, 4) is 11.3 Å². The highest BCUT2D eigenvalue weighted by atomic mass is 32.1. The molecular formula is C19H16FN3O2S. The van der Waals surface area contributed by atoms with Gasteiger partial charge < -0.3 is 10.6 Å². The molecule has 0 bridgehead atoms. The molecule has 0 saturated carbocycles. The predicted molar refractivity (Wildman–Crippen MR) is 99.6 cm³/mol. The van der Waals surface area contributed by atoms with Gasteiger partial charge in [-0.05, 0) is 19.1 Å². The maximum atomic E-state index is 13.5. The molecule has 0 atom stereocenters. The molecule has 0 aliphatic rings. The summed E-state index contributed by atoms with van der Waals surface area (Å²) in [6.07, 6.45) is 0. The van der Waals surface area contributed by atoms with Crippen molar-refractivity contribution in [3.63, 3.8) is 0 Å². The van der Waals surface area contributed by atoms with Crippen molar-refractivity contribution in [2.45, 2.75) is 6.92 Å². The Balaban J connectivity index is 1.56. The Kier molecular flexibility index (Phi) is 5.38. The van der Waals surface area contributed by atoms with E-state index in [9.17, 15) is 14.0 Å². The van der Waals surface area contributed by atoms with Crippen molar-refractivity contribution in [2.75, 3.05) is 11.9 Å². The molecular weight excluding hydrogens is 353 g/mol. The lowest BCUT2D eigenvalue weighted by molar-refractivity contribution is -0.115. The normalized spacial score (nSPS) is 10.4. The monoisotopic (exact) mass is 369 g/mol. The minimum Gasteiger partial charge on any atom is -0.343 e. The van der Waals surface area contributed by atoms with E-state index in [2.05, 4.69) is 15.6 Å². The summed E-state index contributed by atoms with van der Waals surface area (Å²) in [6.45, 7) is 1.73. The van der Waals surface area contributed by atoms with Crippen molar-refractivity contribution in [1.29, 1.82) is 0 Å². The van der Waals surface area contributed by atoms with Crippen LogP contribution in [-0.2, 0) is 4.79 Å². The van der Waals surface area contributed by atoms with Crippen LogP contribution in [0.25, 0.3) is 11.3 Å². The number of anilines is 1. The summed E-state index contributed by atoms with van der Waals surface area (Å²) in [5.41, 5.74) is 2.78. The average Bonchev–Trinajstić information content (AvgIpc) is 3.09. The molecule has 3 aromatic rings. The summed E-state index contributed by atoms with van der Waals surface area (Å²) in [5, 5.41) is 7.30. The minimum absolute atomic E-state index is 0.101. The van der Waals surface area contributed by atoms with Crippen LogP contribution in [0.2, 0.25) is 0 Å². The van der Waals surface area contributed by atoms with Crippen LogP contribution in [0.15, 0.2) is 53.9 Å². The number of nitrogens with one attached hydrogen (secondary N) is 2. The summed E-state index contributed by atoms with van der Waals surface area (Å²) < 4.78 is 13.5. The van der Waals surface area contributed by atoms with Gasteiger partial charge in [0.1, 0.15) is 5.82 Å². The zero-order valence-corrected chi connectivity index (χ0v) is 14.8. The zero-order chi connectivity index (χ0) is 18.5. The Morgan fingerprint density at radius 3 is 2.58 bits per heavy atom. The number of carbonyl (C=O) groups is 2. The van der Waals surface area contributed by atoms with E-state index in [1.807, 2.05) is 36.6 Å². The second kappa shape index (κ2) is 7.88. The number of hydrogen-bond donors (Lipinski definition) is 2. The lowest BCUT2D eigenvalue weighted by Gasteiger charge is -2.05. The smallest absolute Gasteiger partial charge is 0.254 e. The van der Waals surface area contributed by atoms with E-state index in [1.54, 1.807) is 6.07 Å². The molecule has 0 unspecified atom stereocenters. The summed E-state index contributed by atoms with van der Waals surface area (Å²) in [5.74, 6) is -1.70. The Bertz CT molecular complexity index is 938. The Morgan fingerprint density at radius 1 is 1.12 bits per heavy atom. The van der Waals surface area contributed by atoms with Gasteiger partial charge in [0, 0.05) is 10.9 Å². The molecule has 0 saturated heterocycles. The molecule has 0 fully saturated rings. The summed E-state index contributed by atoms with van der Waals surface area (Å²) in [7, 11) is 0. The van der Waals surface area contributed by atoms with Gasteiger partial charge in [0.25, 0.3) is 5.91 Å². The average molecular weight is 369 g/mol. The Morgan fingerprint density at radius 2 is 1.85 bits per heavy atom. The van der Waals surface area contributed by atoms with Gasteiger partial charge in [0.2, 0.25) is 5.91 Å². The summed E-state index contributed by atoms with van der Waals surface area (Å²) in [6, 6.07) is 13.5.